The molecular weight excluding hydrogens is 473 g/mol. The van der Waals surface area contributed by atoms with Crippen molar-refractivity contribution < 1.29 is 23.8 Å². The van der Waals surface area contributed by atoms with Crippen LogP contribution in [0, 0.1) is 0 Å². The Balaban J connectivity index is 1.81. The number of carbonyl (C=O) groups is 2. The van der Waals surface area contributed by atoms with Gasteiger partial charge in [-0.1, -0.05) is 41.4 Å². The fourth-order valence-corrected chi connectivity index (χ4v) is 4.38. The molecule has 0 aromatic heterocycles. The van der Waals surface area contributed by atoms with Crippen molar-refractivity contribution in [1.82, 2.24) is 4.90 Å². The molecular formula is C23H23Cl2NO5S. The van der Waals surface area contributed by atoms with E-state index in [1.54, 1.807) is 31.4 Å². The summed E-state index contributed by atoms with van der Waals surface area (Å²) < 4.78 is 16.6. The Morgan fingerprint density at radius 1 is 1.09 bits per heavy atom. The lowest BCUT2D eigenvalue weighted by atomic mass is 10.1. The number of nitrogens with zero attached hydrogens (tertiary/aromatic N) is 1. The summed E-state index contributed by atoms with van der Waals surface area (Å²) in [5.41, 5.74) is 1.45. The topological polar surface area (TPSA) is 65.1 Å². The van der Waals surface area contributed by atoms with Gasteiger partial charge in [0, 0.05) is 30.8 Å². The number of ether oxygens (including phenoxy) is 3. The van der Waals surface area contributed by atoms with Crippen LogP contribution in [0.15, 0.2) is 41.3 Å². The molecule has 1 saturated heterocycles. The summed E-state index contributed by atoms with van der Waals surface area (Å²) in [5.74, 6) is 0.500. The summed E-state index contributed by atoms with van der Waals surface area (Å²) in [4.78, 5) is 26.4. The van der Waals surface area contributed by atoms with Crippen molar-refractivity contribution in [1.29, 1.82) is 0 Å². The van der Waals surface area contributed by atoms with Gasteiger partial charge in [-0.2, -0.15) is 0 Å². The smallest absolute Gasteiger partial charge is 0.293 e. The first-order chi connectivity index (χ1) is 15.4. The number of hydrogen-bond donors (Lipinski definition) is 0. The first-order valence-electron chi connectivity index (χ1n) is 10.0. The highest BCUT2D eigenvalue weighted by atomic mass is 35.5. The molecule has 6 nitrogen and oxygen atoms in total. The van der Waals surface area contributed by atoms with Gasteiger partial charge < -0.3 is 14.2 Å². The number of halogens is 2. The summed E-state index contributed by atoms with van der Waals surface area (Å²) in [7, 11) is 1.58. The first-order valence-corrected chi connectivity index (χ1v) is 11.6. The third kappa shape index (κ3) is 5.98. The van der Waals surface area contributed by atoms with Gasteiger partial charge in [0.25, 0.3) is 11.1 Å². The lowest BCUT2D eigenvalue weighted by Gasteiger charge is -2.15. The van der Waals surface area contributed by atoms with E-state index in [9.17, 15) is 9.59 Å². The SMILES string of the molecule is CCOc1cc(/C=C2/SC(=O)N(CCCOC)C2=O)cc(Cl)c1OCc1ccccc1Cl. The molecule has 0 saturated carbocycles. The van der Waals surface area contributed by atoms with Gasteiger partial charge in [0.15, 0.2) is 11.5 Å². The molecule has 0 unspecified atom stereocenters. The Hall–Kier alpha value is -2.19. The fraction of sp³-hybridized carbons (Fsp3) is 0.304. The minimum atomic E-state index is -0.329. The van der Waals surface area contributed by atoms with Crippen LogP contribution in [-0.2, 0) is 16.1 Å². The number of thioether (sulfide) groups is 1. The molecule has 0 N–H and O–H groups in total. The van der Waals surface area contributed by atoms with E-state index in [4.69, 9.17) is 37.4 Å². The zero-order valence-corrected chi connectivity index (χ0v) is 20.1. The maximum Gasteiger partial charge on any atom is 0.293 e. The van der Waals surface area contributed by atoms with Gasteiger partial charge in [0.05, 0.1) is 16.5 Å². The Morgan fingerprint density at radius 2 is 1.88 bits per heavy atom. The maximum atomic E-state index is 12.6. The molecule has 0 aliphatic carbocycles. The van der Waals surface area contributed by atoms with Gasteiger partial charge in [-0.15, -0.1) is 0 Å². The number of amides is 2. The predicted octanol–water partition coefficient (Wildman–Crippen LogP) is 6.04. The van der Waals surface area contributed by atoms with Crippen LogP contribution in [0.3, 0.4) is 0 Å². The van der Waals surface area contributed by atoms with Crippen molar-refractivity contribution >= 4 is 52.2 Å². The highest BCUT2D eigenvalue weighted by molar-refractivity contribution is 8.18. The molecule has 3 rings (SSSR count). The van der Waals surface area contributed by atoms with Crippen molar-refractivity contribution in [3.05, 3.63) is 62.5 Å². The molecule has 0 spiro atoms. The molecule has 1 heterocycles. The third-order valence-corrected chi connectivity index (χ3v) is 6.12. The van der Waals surface area contributed by atoms with Crippen LogP contribution in [0.25, 0.3) is 6.08 Å². The second-order valence-corrected chi connectivity index (χ2v) is 8.63. The largest absolute Gasteiger partial charge is 0.490 e. The number of benzene rings is 2. The number of methoxy groups -OCH3 is 1. The molecule has 0 atom stereocenters. The summed E-state index contributed by atoms with van der Waals surface area (Å²) in [5, 5.41) is 0.626. The van der Waals surface area contributed by atoms with Crippen LogP contribution in [-0.4, -0.2) is 42.9 Å². The van der Waals surface area contributed by atoms with Crippen LogP contribution in [0.4, 0.5) is 4.79 Å². The monoisotopic (exact) mass is 495 g/mol. The molecule has 2 amide bonds. The van der Waals surface area contributed by atoms with Crippen LogP contribution < -0.4 is 9.47 Å². The minimum absolute atomic E-state index is 0.221. The number of hydrogen-bond acceptors (Lipinski definition) is 6. The lowest BCUT2D eigenvalue weighted by molar-refractivity contribution is -0.122. The van der Waals surface area contributed by atoms with Crippen molar-refractivity contribution in [3.8, 4) is 11.5 Å². The highest BCUT2D eigenvalue weighted by Gasteiger charge is 2.34. The Labute approximate surface area is 201 Å². The first kappa shape index (κ1) is 24.5. The molecule has 2 aromatic rings. The third-order valence-electron chi connectivity index (χ3n) is 4.56. The molecule has 32 heavy (non-hydrogen) atoms. The van der Waals surface area contributed by atoms with Crippen LogP contribution in [0.5, 0.6) is 11.5 Å². The van der Waals surface area contributed by atoms with Crippen LogP contribution in [0.2, 0.25) is 10.0 Å². The number of carbonyl (C=O) groups excluding carboxylic acids is 2. The van der Waals surface area contributed by atoms with Crippen molar-refractivity contribution in [2.24, 2.45) is 0 Å². The lowest BCUT2D eigenvalue weighted by Crippen LogP contribution is -2.29. The standard InChI is InChI=1S/C23H23Cl2NO5S/c1-3-30-19-12-15(13-20-22(27)26(23(28)32-20)9-6-10-29-2)11-18(25)21(19)31-14-16-7-4-5-8-17(16)24/h4-5,7-8,11-13H,3,6,9-10,14H2,1-2H3/b20-13+. The van der Waals surface area contributed by atoms with E-state index in [0.29, 0.717) is 58.2 Å². The van der Waals surface area contributed by atoms with Gasteiger partial charge in [0.2, 0.25) is 0 Å². The zero-order valence-electron chi connectivity index (χ0n) is 17.7. The predicted molar refractivity (Wildman–Crippen MR) is 128 cm³/mol. The van der Waals surface area contributed by atoms with Crippen LogP contribution >= 0.6 is 35.0 Å². The number of imide groups is 1. The summed E-state index contributed by atoms with van der Waals surface area (Å²) >= 11 is 13.6. The van der Waals surface area contributed by atoms with E-state index in [2.05, 4.69) is 0 Å². The molecule has 1 aliphatic rings. The van der Waals surface area contributed by atoms with Gasteiger partial charge in [-0.25, -0.2) is 0 Å². The summed E-state index contributed by atoms with van der Waals surface area (Å²) in [6.45, 7) is 3.26. The normalized spacial score (nSPS) is 15.0. The maximum absolute atomic E-state index is 12.6. The highest BCUT2D eigenvalue weighted by Crippen LogP contribution is 2.39. The molecule has 170 valence electrons. The molecule has 2 aromatic carbocycles. The van der Waals surface area contributed by atoms with Gasteiger partial charge in [-0.05, 0) is 54.9 Å². The molecule has 1 fully saturated rings. The Morgan fingerprint density at radius 3 is 2.59 bits per heavy atom. The minimum Gasteiger partial charge on any atom is -0.490 e. The Bertz CT molecular complexity index is 1030. The molecule has 9 heteroatoms. The van der Waals surface area contributed by atoms with Gasteiger partial charge >= 0.3 is 0 Å². The molecule has 0 radical (unpaired) electrons. The fourth-order valence-electron chi connectivity index (χ4n) is 3.05. The quantitative estimate of drug-likeness (QED) is 0.295. The van der Waals surface area contributed by atoms with Gasteiger partial charge in [0.1, 0.15) is 6.61 Å². The zero-order chi connectivity index (χ0) is 23.1. The van der Waals surface area contributed by atoms with E-state index in [1.165, 1.54) is 4.90 Å². The van der Waals surface area contributed by atoms with E-state index >= 15 is 0 Å². The van der Waals surface area contributed by atoms with E-state index < -0.39 is 0 Å². The number of rotatable bonds is 10. The van der Waals surface area contributed by atoms with Crippen molar-refractivity contribution in [3.63, 3.8) is 0 Å². The van der Waals surface area contributed by atoms with Crippen LogP contribution in [0.1, 0.15) is 24.5 Å². The second kappa shape index (κ2) is 11.6. The van der Waals surface area contributed by atoms with E-state index in [0.717, 1.165) is 17.3 Å². The molecule has 1 aliphatic heterocycles. The van der Waals surface area contributed by atoms with Gasteiger partial charge in [-0.3, -0.25) is 14.5 Å². The summed E-state index contributed by atoms with van der Waals surface area (Å²) in [6, 6.07) is 10.8. The van der Waals surface area contributed by atoms with E-state index in [1.807, 2.05) is 25.1 Å². The summed E-state index contributed by atoms with van der Waals surface area (Å²) in [6.07, 6.45) is 2.22. The molecule has 0 bridgehead atoms. The second-order valence-electron chi connectivity index (χ2n) is 6.82. The Kier molecular flexibility index (Phi) is 8.87. The average molecular weight is 496 g/mol. The van der Waals surface area contributed by atoms with Crippen molar-refractivity contribution in [2.75, 3.05) is 26.9 Å². The average Bonchev–Trinajstić information content (AvgIpc) is 3.02. The van der Waals surface area contributed by atoms with E-state index in [-0.39, 0.29) is 17.8 Å². The van der Waals surface area contributed by atoms with Crippen molar-refractivity contribution in [2.45, 2.75) is 20.0 Å².